The Labute approximate surface area is 231 Å². The summed E-state index contributed by atoms with van der Waals surface area (Å²) < 4.78 is 20.2. The molecule has 0 bridgehead atoms. The van der Waals surface area contributed by atoms with Crippen LogP contribution in [-0.4, -0.2) is 49.2 Å². The lowest BCUT2D eigenvalue weighted by atomic mass is 9.97. The third-order valence-corrected chi connectivity index (χ3v) is 6.53. The smallest absolute Gasteiger partial charge is 0.258 e. The monoisotopic (exact) mass is 541 g/mol. The van der Waals surface area contributed by atoms with Crippen molar-refractivity contribution < 1.29 is 23.5 Å². The van der Waals surface area contributed by atoms with Crippen LogP contribution in [0.1, 0.15) is 39.1 Å². The number of benzene rings is 3. The second-order valence-electron chi connectivity index (χ2n) is 9.16. The molecular weight excluding hydrogens is 513 g/mol. The molecule has 3 amide bonds. The van der Waals surface area contributed by atoms with Gasteiger partial charge in [-0.05, 0) is 67.4 Å². The highest BCUT2D eigenvalue weighted by Gasteiger charge is 2.22. The molecule has 1 fully saturated rings. The molecule has 10 heteroatoms. The number of carbonyl (C=O) groups excluding carboxylic acids is 3. The van der Waals surface area contributed by atoms with Gasteiger partial charge < -0.3 is 26.0 Å². The summed E-state index contributed by atoms with van der Waals surface area (Å²) in [6, 6.07) is 15.3. The summed E-state index contributed by atoms with van der Waals surface area (Å²) in [6.07, 6.45) is 8.24. The van der Waals surface area contributed by atoms with Crippen molar-refractivity contribution in [1.29, 1.82) is 0 Å². The number of ether oxygens (including phenoxy) is 1. The summed E-state index contributed by atoms with van der Waals surface area (Å²) in [4.78, 5) is 43.6. The molecule has 1 saturated heterocycles. The number of hydrogen-bond acceptors (Lipinski definition) is 5. The molecule has 4 N–H and O–H groups in total. The number of aliphatic imine (C=N–C) groups is 1. The minimum Gasteiger partial charge on any atom is -0.497 e. The second-order valence-corrected chi connectivity index (χ2v) is 9.16. The van der Waals surface area contributed by atoms with Gasteiger partial charge in [-0.15, -0.1) is 6.42 Å². The molecule has 204 valence electrons. The molecular formula is C30H28FN5O4. The van der Waals surface area contributed by atoms with Gasteiger partial charge in [-0.2, -0.15) is 0 Å². The topological polar surface area (TPSA) is 126 Å². The maximum Gasteiger partial charge on any atom is 0.258 e. The van der Waals surface area contributed by atoms with Gasteiger partial charge in [-0.3, -0.25) is 14.4 Å². The number of carbonyl (C=O) groups is 3. The number of nitrogens with zero attached hydrogens (tertiary/aromatic N) is 2. The van der Waals surface area contributed by atoms with E-state index in [0.29, 0.717) is 48.6 Å². The number of likely N-dealkylation sites (tertiary alicyclic amines) is 1. The van der Waals surface area contributed by atoms with Gasteiger partial charge in [-0.1, -0.05) is 5.92 Å². The molecule has 0 spiro atoms. The van der Waals surface area contributed by atoms with Crippen molar-refractivity contribution >= 4 is 41.1 Å². The van der Waals surface area contributed by atoms with E-state index in [4.69, 9.17) is 16.9 Å². The Morgan fingerprint density at radius 2 is 1.73 bits per heavy atom. The van der Waals surface area contributed by atoms with Crippen molar-refractivity contribution in [2.45, 2.75) is 12.8 Å². The van der Waals surface area contributed by atoms with Crippen molar-refractivity contribution in [3.05, 3.63) is 83.2 Å². The van der Waals surface area contributed by atoms with Gasteiger partial charge in [0.25, 0.3) is 11.8 Å². The largest absolute Gasteiger partial charge is 0.497 e. The lowest BCUT2D eigenvalue weighted by Gasteiger charge is -2.28. The van der Waals surface area contributed by atoms with Crippen LogP contribution < -0.4 is 21.1 Å². The number of rotatable bonds is 8. The summed E-state index contributed by atoms with van der Waals surface area (Å²) in [5, 5.41) is 5.36. The third kappa shape index (κ3) is 6.82. The van der Waals surface area contributed by atoms with Crippen molar-refractivity contribution in [3.63, 3.8) is 0 Å². The normalized spacial score (nSPS) is 13.5. The molecule has 9 nitrogen and oxygen atoms in total. The van der Waals surface area contributed by atoms with Crippen LogP contribution in [0.2, 0.25) is 0 Å². The highest BCUT2D eigenvalue weighted by Crippen LogP contribution is 2.25. The Kier molecular flexibility index (Phi) is 8.76. The number of anilines is 2. The molecule has 1 heterocycles. The Morgan fingerprint density at radius 3 is 2.35 bits per heavy atom. The zero-order chi connectivity index (χ0) is 28.6. The lowest BCUT2D eigenvalue weighted by molar-refractivity contribution is -0.122. The first-order valence-electron chi connectivity index (χ1n) is 12.5. The van der Waals surface area contributed by atoms with Gasteiger partial charge >= 0.3 is 0 Å². The molecule has 1 aliphatic rings. The predicted octanol–water partition coefficient (Wildman–Crippen LogP) is 4.18. The van der Waals surface area contributed by atoms with Crippen LogP contribution in [0.5, 0.6) is 5.75 Å². The van der Waals surface area contributed by atoms with Crippen LogP contribution in [0.3, 0.4) is 0 Å². The Bertz CT molecular complexity index is 1490. The first kappa shape index (κ1) is 27.9. The van der Waals surface area contributed by atoms with Crippen LogP contribution in [0, 0.1) is 24.1 Å². The second kappa shape index (κ2) is 12.6. The van der Waals surface area contributed by atoms with Crippen molar-refractivity contribution in [2.75, 3.05) is 30.8 Å². The maximum absolute atomic E-state index is 14.9. The number of methoxy groups -OCH3 is 1. The van der Waals surface area contributed by atoms with Crippen molar-refractivity contribution in [1.82, 2.24) is 4.90 Å². The molecule has 4 rings (SSSR count). The van der Waals surface area contributed by atoms with E-state index < -0.39 is 17.6 Å². The van der Waals surface area contributed by atoms with E-state index in [2.05, 4.69) is 21.5 Å². The third-order valence-electron chi connectivity index (χ3n) is 6.53. The Morgan fingerprint density at radius 1 is 1.02 bits per heavy atom. The molecule has 0 aromatic heterocycles. The van der Waals surface area contributed by atoms with Crippen LogP contribution >= 0.6 is 0 Å². The summed E-state index contributed by atoms with van der Waals surface area (Å²) >= 11 is 0. The number of primary amides is 1. The van der Waals surface area contributed by atoms with Gasteiger partial charge in [0.1, 0.15) is 11.6 Å². The number of nitrogens with two attached hydrogens (primary N) is 1. The number of hydrogen-bond donors (Lipinski definition) is 3. The summed E-state index contributed by atoms with van der Waals surface area (Å²) in [7, 11) is 1.45. The van der Waals surface area contributed by atoms with Gasteiger partial charge in [-0.25, -0.2) is 9.38 Å². The van der Waals surface area contributed by atoms with Gasteiger partial charge in [0.15, 0.2) is 0 Å². The molecule has 1 aliphatic heterocycles. The first-order valence-corrected chi connectivity index (χ1v) is 12.5. The van der Waals surface area contributed by atoms with E-state index in [9.17, 15) is 18.8 Å². The highest BCUT2D eigenvalue weighted by molar-refractivity contribution is 6.12. The SMILES string of the molecule is C#Cc1ccc(NC(=O)c2cc(OC)ccc2NC(=O)c2ccc(N=CN3CCC(C(N)=O)CC3)cc2F)cc1. The van der Waals surface area contributed by atoms with E-state index in [0.717, 1.165) is 6.07 Å². The van der Waals surface area contributed by atoms with Gasteiger partial charge in [0.2, 0.25) is 5.91 Å². The summed E-state index contributed by atoms with van der Waals surface area (Å²) in [6.45, 7) is 1.24. The fraction of sp³-hybridized carbons (Fsp3) is 0.200. The van der Waals surface area contributed by atoms with E-state index in [1.165, 1.54) is 31.4 Å². The summed E-state index contributed by atoms with van der Waals surface area (Å²) in [5.74, 6) is 0.449. The molecule has 3 aromatic rings. The first-order chi connectivity index (χ1) is 19.3. The van der Waals surface area contributed by atoms with E-state index in [1.54, 1.807) is 36.7 Å². The van der Waals surface area contributed by atoms with E-state index in [1.807, 2.05) is 4.90 Å². The lowest BCUT2D eigenvalue weighted by Crippen LogP contribution is -2.37. The zero-order valence-corrected chi connectivity index (χ0v) is 21.8. The van der Waals surface area contributed by atoms with Crippen molar-refractivity contribution in [3.8, 4) is 18.1 Å². The highest BCUT2D eigenvalue weighted by atomic mass is 19.1. The molecule has 0 unspecified atom stereocenters. The van der Waals surface area contributed by atoms with Crippen LogP contribution in [0.4, 0.5) is 21.5 Å². The molecule has 0 aliphatic carbocycles. The van der Waals surface area contributed by atoms with Gasteiger partial charge in [0, 0.05) is 36.3 Å². The quantitative estimate of drug-likeness (QED) is 0.224. The molecule has 0 radical (unpaired) electrons. The fourth-order valence-corrected chi connectivity index (χ4v) is 4.20. The minimum absolute atomic E-state index is 0.121. The van der Waals surface area contributed by atoms with E-state index in [-0.39, 0.29) is 28.6 Å². The van der Waals surface area contributed by atoms with E-state index >= 15 is 0 Å². The number of nitrogens with one attached hydrogen (secondary N) is 2. The Hall–Kier alpha value is -5.17. The Balaban J connectivity index is 1.46. The van der Waals surface area contributed by atoms with Gasteiger partial charge in [0.05, 0.1) is 36.0 Å². The minimum atomic E-state index is -0.771. The van der Waals surface area contributed by atoms with Crippen LogP contribution in [0.25, 0.3) is 0 Å². The average Bonchev–Trinajstić information content (AvgIpc) is 2.96. The molecule has 0 atom stereocenters. The molecule has 40 heavy (non-hydrogen) atoms. The number of halogens is 1. The number of amides is 3. The zero-order valence-electron chi connectivity index (χ0n) is 21.8. The maximum atomic E-state index is 14.9. The molecule has 0 saturated carbocycles. The molecule has 3 aromatic carbocycles. The predicted molar refractivity (Wildman–Crippen MR) is 151 cm³/mol. The fourth-order valence-electron chi connectivity index (χ4n) is 4.20. The summed E-state index contributed by atoms with van der Waals surface area (Å²) in [5.41, 5.74) is 6.93. The van der Waals surface area contributed by atoms with Crippen molar-refractivity contribution in [2.24, 2.45) is 16.6 Å². The van der Waals surface area contributed by atoms with Crippen LogP contribution in [-0.2, 0) is 4.79 Å². The van der Waals surface area contributed by atoms with Crippen LogP contribution in [0.15, 0.2) is 65.7 Å². The standard InChI is InChI=1S/C30H28FN5O4/c1-3-19-4-6-21(7-5-19)34-30(39)25-17-23(40-2)9-11-27(25)35-29(38)24-10-8-22(16-26(24)31)33-18-36-14-12-20(13-15-36)28(32)37/h1,4-11,16-18,20H,12-15H2,2H3,(H2,32,37)(H,34,39)(H,35,38). The average molecular weight is 542 g/mol. The number of terminal acetylenes is 1. The number of piperidine rings is 1.